The molecule has 0 bridgehead atoms. The van der Waals surface area contributed by atoms with Crippen LogP contribution in [0.15, 0.2) is 22.7 Å². The SMILES string of the molecule is Cc1ccc(Br)cc1N(C)C(=O)CC(C)(C)C(=O)O. The van der Waals surface area contributed by atoms with Crippen molar-refractivity contribution in [2.45, 2.75) is 27.2 Å². The van der Waals surface area contributed by atoms with Crippen LogP contribution in [-0.4, -0.2) is 24.0 Å². The summed E-state index contributed by atoms with van der Waals surface area (Å²) in [6, 6.07) is 5.66. The van der Waals surface area contributed by atoms with E-state index in [0.29, 0.717) is 0 Å². The second kappa shape index (κ2) is 5.74. The molecule has 0 aliphatic rings. The fraction of sp³-hybridized carbons (Fsp3) is 0.429. The number of carboxylic acid groups (broad SMARTS) is 1. The van der Waals surface area contributed by atoms with Gasteiger partial charge in [0.1, 0.15) is 0 Å². The van der Waals surface area contributed by atoms with Crippen LogP contribution >= 0.6 is 15.9 Å². The van der Waals surface area contributed by atoms with Crippen molar-refractivity contribution >= 4 is 33.5 Å². The first-order valence-corrected chi connectivity index (χ1v) is 6.70. The Bertz CT molecular complexity index is 511. The third-order valence-electron chi connectivity index (χ3n) is 3.08. The molecule has 1 N–H and O–H groups in total. The zero-order valence-corrected chi connectivity index (χ0v) is 13.1. The fourth-order valence-electron chi connectivity index (χ4n) is 1.65. The molecule has 1 amide bonds. The maximum atomic E-state index is 12.2. The van der Waals surface area contributed by atoms with Gasteiger partial charge in [0.05, 0.1) is 5.41 Å². The summed E-state index contributed by atoms with van der Waals surface area (Å²) in [5.41, 5.74) is 0.679. The Morgan fingerprint density at radius 1 is 1.37 bits per heavy atom. The first-order chi connectivity index (χ1) is 8.65. The number of hydrogen-bond donors (Lipinski definition) is 1. The van der Waals surface area contributed by atoms with Crippen molar-refractivity contribution in [2.75, 3.05) is 11.9 Å². The van der Waals surface area contributed by atoms with Gasteiger partial charge in [-0.25, -0.2) is 0 Å². The number of carbonyl (C=O) groups is 2. The first kappa shape index (κ1) is 15.7. The molecule has 1 aromatic rings. The molecule has 1 rings (SSSR count). The Morgan fingerprint density at radius 2 is 1.95 bits per heavy atom. The van der Waals surface area contributed by atoms with E-state index in [1.165, 1.54) is 4.90 Å². The molecule has 104 valence electrons. The molecule has 0 fully saturated rings. The molecule has 0 aromatic heterocycles. The highest BCUT2D eigenvalue weighted by atomic mass is 79.9. The van der Waals surface area contributed by atoms with Crippen molar-refractivity contribution in [1.82, 2.24) is 0 Å². The van der Waals surface area contributed by atoms with Crippen LogP contribution < -0.4 is 4.90 Å². The van der Waals surface area contributed by atoms with E-state index in [2.05, 4.69) is 15.9 Å². The molecule has 1 aromatic carbocycles. The molecule has 5 heteroatoms. The molecule has 4 nitrogen and oxygen atoms in total. The van der Waals surface area contributed by atoms with Gasteiger partial charge in [-0.1, -0.05) is 22.0 Å². The summed E-state index contributed by atoms with van der Waals surface area (Å²) in [6.45, 7) is 5.01. The Labute approximate surface area is 121 Å². The Morgan fingerprint density at radius 3 is 2.47 bits per heavy atom. The maximum Gasteiger partial charge on any atom is 0.309 e. The van der Waals surface area contributed by atoms with E-state index in [4.69, 9.17) is 5.11 Å². The van der Waals surface area contributed by atoms with Crippen LogP contribution in [0.3, 0.4) is 0 Å². The van der Waals surface area contributed by atoms with Gasteiger partial charge in [-0.15, -0.1) is 0 Å². The molecule has 0 spiro atoms. The number of carboxylic acids is 1. The number of amides is 1. The number of anilines is 1. The summed E-state index contributed by atoms with van der Waals surface area (Å²) in [5.74, 6) is -1.19. The summed E-state index contributed by atoms with van der Waals surface area (Å²) >= 11 is 3.37. The monoisotopic (exact) mass is 327 g/mol. The van der Waals surface area contributed by atoms with Crippen molar-refractivity contribution in [3.05, 3.63) is 28.2 Å². The molecule has 19 heavy (non-hydrogen) atoms. The van der Waals surface area contributed by atoms with Gasteiger partial charge in [-0.3, -0.25) is 9.59 Å². The number of carbonyl (C=O) groups excluding carboxylic acids is 1. The molecule has 0 aliphatic heterocycles. The lowest BCUT2D eigenvalue weighted by atomic mass is 9.89. The molecule has 0 saturated carbocycles. The van der Waals surface area contributed by atoms with Crippen LogP contribution in [0.4, 0.5) is 5.69 Å². The van der Waals surface area contributed by atoms with E-state index in [-0.39, 0.29) is 12.3 Å². The zero-order valence-electron chi connectivity index (χ0n) is 11.5. The van der Waals surface area contributed by atoms with Gasteiger partial charge in [0.2, 0.25) is 5.91 Å². The minimum absolute atomic E-state index is 0.0369. The third kappa shape index (κ3) is 3.80. The van der Waals surface area contributed by atoms with Crippen molar-refractivity contribution < 1.29 is 14.7 Å². The minimum Gasteiger partial charge on any atom is -0.481 e. The topological polar surface area (TPSA) is 57.6 Å². The van der Waals surface area contributed by atoms with Gasteiger partial charge in [0, 0.05) is 23.6 Å². The van der Waals surface area contributed by atoms with Crippen molar-refractivity contribution in [3.63, 3.8) is 0 Å². The molecule has 0 aliphatic carbocycles. The van der Waals surface area contributed by atoms with E-state index >= 15 is 0 Å². The van der Waals surface area contributed by atoms with Crippen LogP contribution in [0.5, 0.6) is 0 Å². The first-order valence-electron chi connectivity index (χ1n) is 5.91. The van der Waals surface area contributed by atoms with Gasteiger partial charge >= 0.3 is 5.97 Å². The van der Waals surface area contributed by atoms with Gasteiger partial charge in [0.25, 0.3) is 0 Å². The average molecular weight is 328 g/mol. The fourth-order valence-corrected chi connectivity index (χ4v) is 2.00. The molecule has 0 saturated heterocycles. The Hall–Kier alpha value is -1.36. The molecule has 0 radical (unpaired) electrons. The second-order valence-corrected chi connectivity index (χ2v) is 6.17. The third-order valence-corrected chi connectivity index (χ3v) is 3.57. The Balaban J connectivity index is 2.94. The number of nitrogens with zero attached hydrogens (tertiary/aromatic N) is 1. The molecule has 0 atom stereocenters. The van der Waals surface area contributed by atoms with Crippen LogP contribution in [0.2, 0.25) is 0 Å². The number of aliphatic carboxylic acids is 1. The summed E-state index contributed by atoms with van der Waals surface area (Å²) in [7, 11) is 1.66. The molecule has 0 heterocycles. The summed E-state index contributed by atoms with van der Waals surface area (Å²) < 4.78 is 0.880. The minimum atomic E-state index is -1.06. The number of hydrogen-bond acceptors (Lipinski definition) is 2. The highest BCUT2D eigenvalue weighted by Gasteiger charge is 2.31. The Kier molecular flexibility index (Phi) is 4.74. The number of halogens is 1. The summed E-state index contributed by atoms with van der Waals surface area (Å²) in [4.78, 5) is 24.7. The summed E-state index contributed by atoms with van der Waals surface area (Å²) in [5, 5.41) is 9.06. The largest absolute Gasteiger partial charge is 0.481 e. The van der Waals surface area contributed by atoms with Crippen molar-refractivity contribution in [2.24, 2.45) is 5.41 Å². The highest BCUT2D eigenvalue weighted by molar-refractivity contribution is 9.10. The van der Waals surface area contributed by atoms with Crippen LogP contribution in [0.1, 0.15) is 25.8 Å². The summed E-state index contributed by atoms with van der Waals surface area (Å²) in [6.07, 6.45) is -0.0369. The second-order valence-electron chi connectivity index (χ2n) is 5.25. The van der Waals surface area contributed by atoms with Crippen LogP contribution in [0, 0.1) is 12.3 Å². The molecule has 0 unspecified atom stereocenters. The average Bonchev–Trinajstić information content (AvgIpc) is 2.30. The van der Waals surface area contributed by atoms with Crippen LogP contribution in [-0.2, 0) is 9.59 Å². The maximum absolute atomic E-state index is 12.2. The van der Waals surface area contributed by atoms with E-state index in [0.717, 1.165) is 15.7 Å². The van der Waals surface area contributed by atoms with E-state index in [9.17, 15) is 9.59 Å². The lowest BCUT2D eigenvalue weighted by molar-refractivity contribution is -0.149. The smallest absolute Gasteiger partial charge is 0.309 e. The lowest BCUT2D eigenvalue weighted by Crippen LogP contribution is -2.35. The normalized spacial score (nSPS) is 11.2. The predicted octanol–water partition coefficient (Wildman–Crippen LogP) is 3.22. The van der Waals surface area contributed by atoms with Crippen LogP contribution in [0.25, 0.3) is 0 Å². The van der Waals surface area contributed by atoms with Gasteiger partial charge in [-0.05, 0) is 38.5 Å². The van der Waals surface area contributed by atoms with Crippen molar-refractivity contribution in [1.29, 1.82) is 0 Å². The lowest BCUT2D eigenvalue weighted by Gasteiger charge is -2.24. The van der Waals surface area contributed by atoms with E-state index < -0.39 is 11.4 Å². The van der Waals surface area contributed by atoms with Gasteiger partial charge in [-0.2, -0.15) is 0 Å². The van der Waals surface area contributed by atoms with E-state index in [1.54, 1.807) is 20.9 Å². The highest BCUT2D eigenvalue weighted by Crippen LogP contribution is 2.27. The quantitative estimate of drug-likeness (QED) is 0.923. The number of benzene rings is 1. The molecular weight excluding hydrogens is 310 g/mol. The van der Waals surface area contributed by atoms with E-state index in [1.807, 2.05) is 25.1 Å². The predicted molar refractivity (Wildman–Crippen MR) is 78.3 cm³/mol. The number of aryl methyl sites for hydroxylation is 1. The number of rotatable bonds is 4. The molecular formula is C14H18BrNO3. The van der Waals surface area contributed by atoms with Crippen molar-refractivity contribution in [3.8, 4) is 0 Å². The standard InChI is InChI=1S/C14H18BrNO3/c1-9-5-6-10(15)7-11(9)16(4)12(17)8-14(2,3)13(18)19/h5-7H,8H2,1-4H3,(H,18,19). The van der Waals surface area contributed by atoms with Gasteiger partial charge < -0.3 is 10.0 Å². The zero-order chi connectivity index (χ0) is 14.8. The van der Waals surface area contributed by atoms with Gasteiger partial charge in [0.15, 0.2) is 0 Å².